The highest BCUT2D eigenvalue weighted by molar-refractivity contribution is 14.0. The van der Waals surface area contributed by atoms with E-state index in [2.05, 4.69) is 10.3 Å². The molecular weight excluding hydrogens is 344 g/mol. The number of hydrogen-bond acceptors (Lipinski definition) is 1. The Morgan fingerprint density at radius 2 is 2.22 bits per heavy atom. The molecule has 18 heavy (non-hydrogen) atoms. The Kier molecular flexibility index (Phi) is 5.37. The summed E-state index contributed by atoms with van der Waals surface area (Å²) in [6.45, 7) is 3.37. The largest absolute Gasteiger partial charge is 0.370 e. The molecule has 1 saturated carbocycles. The van der Waals surface area contributed by atoms with Crippen LogP contribution in [0.4, 0.5) is 4.39 Å². The lowest BCUT2D eigenvalue weighted by molar-refractivity contribution is 0.616. The van der Waals surface area contributed by atoms with Gasteiger partial charge in [-0.15, -0.1) is 24.0 Å². The molecule has 0 bridgehead atoms. The van der Waals surface area contributed by atoms with E-state index in [0.717, 1.165) is 24.9 Å². The smallest absolute Gasteiger partial charge is 0.188 e. The fourth-order valence-corrected chi connectivity index (χ4v) is 1.98. The minimum absolute atomic E-state index is 0. The van der Waals surface area contributed by atoms with E-state index in [9.17, 15) is 4.39 Å². The van der Waals surface area contributed by atoms with Gasteiger partial charge in [0.15, 0.2) is 5.96 Å². The van der Waals surface area contributed by atoms with Gasteiger partial charge in [-0.05, 0) is 37.5 Å². The molecule has 0 saturated heterocycles. The molecule has 0 spiro atoms. The van der Waals surface area contributed by atoms with Crippen LogP contribution in [-0.2, 0) is 5.41 Å². The van der Waals surface area contributed by atoms with E-state index in [0.29, 0.717) is 12.5 Å². The molecule has 1 aliphatic carbocycles. The normalized spacial score (nSPS) is 16.9. The van der Waals surface area contributed by atoms with Crippen molar-refractivity contribution in [2.45, 2.75) is 25.2 Å². The Labute approximate surface area is 124 Å². The molecule has 100 valence electrons. The number of benzene rings is 1. The molecule has 0 aromatic heterocycles. The Morgan fingerprint density at radius 1 is 1.50 bits per heavy atom. The second-order valence-corrected chi connectivity index (χ2v) is 4.52. The first-order valence-electron chi connectivity index (χ1n) is 5.96. The topological polar surface area (TPSA) is 50.4 Å². The fraction of sp³-hybridized carbons (Fsp3) is 0.462. The van der Waals surface area contributed by atoms with Gasteiger partial charge in [-0.3, -0.25) is 4.99 Å². The second-order valence-electron chi connectivity index (χ2n) is 4.52. The Bertz CT molecular complexity index is 430. The molecule has 0 amide bonds. The van der Waals surface area contributed by atoms with Gasteiger partial charge in [0, 0.05) is 12.0 Å². The van der Waals surface area contributed by atoms with Gasteiger partial charge in [-0.25, -0.2) is 4.39 Å². The molecule has 0 atom stereocenters. The zero-order chi connectivity index (χ0) is 12.3. The summed E-state index contributed by atoms with van der Waals surface area (Å²) in [6.07, 6.45) is 2.11. The van der Waals surface area contributed by atoms with Crippen LogP contribution in [0.25, 0.3) is 0 Å². The van der Waals surface area contributed by atoms with Gasteiger partial charge in [0.2, 0.25) is 0 Å². The van der Waals surface area contributed by atoms with E-state index in [1.165, 1.54) is 6.07 Å². The molecule has 0 radical (unpaired) electrons. The van der Waals surface area contributed by atoms with Crippen LogP contribution < -0.4 is 11.1 Å². The zero-order valence-corrected chi connectivity index (χ0v) is 12.8. The summed E-state index contributed by atoms with van der Waals surface area (Å²) in [5.74, 6) is 0.285. The molecule has 2 rings (SSSR count). The van der Waals surface area contributed by atoms with Crippen LogP contribution in [-0.4, -0.2) is 19.0 Å². The van der Waals surface area contributed by atoms with E-state index in [-0.39, 0.29) is 35.2 Å². The highest BCUT2D eigenvalue weighted by atomic mass is 127. The maximum atomic E-state index is 13.2. The summed E-state index contributed by atoms with van der Waals surface area (Å²) in [5.41, 5.74) is 6.74. The summed E-state index contributed by atoms with van der Waals surface area (Å²) in [5, 5.41) is 2.96. The van der Waals surface area contributed by atoms with Crippen molar-refractivity contribution in [3.63, 3.8) is 0 Å². The molecule has 0 unspecified atom stereocenters. The zero-order valence-electron chi connectivity index (χ0n) is 10.4. The van der Waals surface area contributed by atoms with Gasteiger partial charge in [0.25, 0.3) is 0 Å². The predicted octanol–water partition coefficient (Wildman–Crippen LogP) is 2.40. The minimum atomic E-state index is -0.183. The first-order valence-corrected chi connectivity index (χ1v) is 5.96. The van der Waals surface area contributed by atoms with Crippen LogP contribution in [0.3, 0.4) is 0 Å². The SMILES string of the molecule is CCNC(N)=NCC1(c2cccc(F)c2)CC1.I. The van der Waals surface area contributed by atoms with Gasteiger partial charge in [0.1, 0.15) is 5.82 Å². The number of nitrogens with zero attached hydrogens (tertiary/aromatic N) is 1. The van der Waals surface area contributed by atoms with Crippen LogP contribution in [0.15, 0.2) is 29.3 Å². The predicted molar refractivity (Wildman–Crippen MR) is 82.9 cm³/mol. The summed E-state index contributed by atoms with van der Waals surface area (Å²) < 4.78 is 13.2. The van der Waals surface area contributed by atoms with Crippen molar-refractivity contribution in [3.05, 3.63) is 35.6 Å². The molecule has 3 nitrogen and oxygen atoms in total. The van der Waals surface area contributed by atoms with Crippen molar-refractivity contribution in [3.8, 4) is 0 Å². The summed E-state index contributed by atoms with van der Waals surface area (Å²) in [7, 11) is 0. The van der Waals surface area contributed by atoms with Crippen LogP contribution in [0.2, 0.25) is 0 Å². The lowest BCUT2D eigenvalue weighted by atomic mass is 9.96. The third-order valence-corrected chi connectivity index (χ3v) is 3.20. The van der Waals surface area contributed by atoms with Crippen LogP contribution in [0.1, 0.15) is 25.3 Å². The molecule has 1 fully saturated rings. The highest BCUT2D eigenvalue weighted by Gasteiger charge is 2.44. The van der Waals surface area contributed by atoms with Crippen LogP contribution in [0.5, 0.6) is 0 Å². The Hall–Kier alpha value is -0.850. The molecular formula is C13H19FIN3. The number of rotatable bonds is 4. The van der Waals surface area contributed by atoms with Crippen molar-refractivity contribution in [2.24, 2.45) is 10.7 Å². The summed E-state index contributed by atoms with van der Waals surface area (Å²) in [6, 6.07) is 6.79. The van der Waals surface area contributed by atoms with Crippen molar-refractivity contribution in [1.29, 1.82) is 0 Å². The maximum Gasteiger partial charge on any atom is 0.188 e. The highest BCUT2D eigenvalue weighted by Crippen LogP contribution is 2.48. The van der Waals surface area contributed by atoms with Crippen molar-refractivity contribution in [1.82, 2.24) is 5.32 Å². The quantitative estimate of drug-likeness (QED) is 0.490. The van der Waals surface area contributed by atoms with Gasteiger partial charge >= 0.3 is 0 Å². The monoisotopic (exact) mass is 363 g/mol. The minimum Gasteiger partial charge on any atom is -0.370 e. The van der Waals surface area contributed by atoms with E-state index < -0.39 is 0 Å². The van der Waals surface area contributed by atoms with E-state index in [1.807, 2.05) is 13.0 Å². The number of hydrogen-bond donors (Lipinski definition) is 2. The third kappa shape index (κ3) is 3.57. The first-order chi connectivity index (χ1) is 8.16. The van der Waals surface area contributed by atoms with Crippen molar-refractivity contribution in [2.75, 3.05) is 13.1 Å². The number of aliphatic imine (C=N–C) groups is 1. The lowest BCUT2D eigenvalue weighted by Gasteiger charge is -2.13. The van der Waals surface area contributed by atoms with E-state index >= 15 is 0 Å². The first kappa shape index (κ1) is 15.2. The lowest BCUT2D eigenvalue weighted by Crippen LogP contribution is -2.32. The van der Waals surface area contributed by atoms with Crippen LogP contribution in [0, 0.1) is 5.82 Å². The fourth-order valence-electron chi connectivity index (χ4n) is 1.98. The van der Waals surface area contributed by atoms with E-state index in [1.54, 1.807) is 12.1 Å². The standard InChI is InChI=1S/C13H18FN3.HI/c1-2-16-12(15)17-9-13(6-7-13)10-4-3-5-11(14)8-10;/h3-5,8H,2,6-7,9H2,1H3,(H3,15,16,17);1H. The van der Waals surface area contributed by atoms with Crippen molar-refractivity contribution >= 4 is 29.9 Å². The molecule has 1 aromatic rings. The van der Waals surface area contributed by atoms with Gasteiger partial charge < -0.3 is 11.1 Å². The van der Waals surface area contributed by atoms with Crippen LogP contribution >= 0.6 is 24.0 Å². The molecule has 0 heterocycles. The van der Waals surface area contributed by atoms with Crippen molar-refractivity contribution < 1.29 is 4.39 Å². The molecule has 1 aromatic carbocycles. The second kappa shape index (κ2) is 6.36. The van der Waals surface area contributed by atoms with Gasteiger partial charge in [-0.1, -0.05) is 12.1 Å². The van der Waals surface area contributed by atoms with Gasteiger partial charge in [0.05, 0.1) is 6.54 Å². The number of guanidine groups is 1. The maximum absolute atomic E-state index is 13.2. The third-order valence-electron chi connectivity index (χ3n) is 3.20. The Morgan fingerprint density at radius 3 is 2.78 bits per heavy atom. The van der Waals surface area contributed by atoms with E-state index in [4.69, 9.17) is 5.73 Å². The average molecular weight is 363 g/mol. The molecule has 5 heteroatoms. The number of nitrogens with one attached hydrogen (secondary N) is 1. The average Bonchev–Trinajstić information content (AvgIpc) is 3.08. The number of halogens is 2. The molecule has 1 aliphatic rings. The molecule has 0 aliphatic heterocycles. The summed E-state index contributed by atoms with van der Waals surface area (Å²) >= 11 is 0. The Balaban J connectivity index is 0.00000162. The summed E-state index contributed by atoms with van der Waals surface area (Å²) in [4.78, 5) is 4.31. The number of nitrogens with two attached hydrogens (primary N) is 1. The molecule has 3 N–H and O–H groups in total. The van der Waals surface area contributed by atoms with Gasteiger partial charge in [-0.2, -0.15) is 0 Å².